The first-order chi connectivity index (χ1) is 47.2. The van der Waals surface area contributed by atoms with Gasteiger partial charge in [-0.15, -0.1) is 0 Å². The number of carbonyl (C=O) groups excluding carboxylic acids is 4. The van der Waals surface area contributed by atoms with Crippen LogP contribution >= 0.6 is 0 Å². The second-order valence-electron chi connectivity index (χ2n) is 27.2. The second kappa shape index (κ2) is 39.5. The molecule has 2 fully saturated rings. The molecule has 0 N–H and O–H groups in total. The summed E-state index contributed by atoms with van der Waals surface area (Å²) >= 11 is 0. The molecule has 0 aromatic heterocycles. The van der Waals surface area contributed by atoms with Crippen molar-refractivity contribution in [2.24, 2.45) is 5.11 Å². The molecule has 0 saturated carbocycles. The third-order valence-corrected chi connectivity index (χ3v) is 19.1. The van der Waals surface area contributed by atoms with Crippen LogP contribution in [0.3, 0.4) is 0 Å². The molecule has 0 spiro atoms. The van der Waals surface area contributed by atoms with Crippen molar-refractivity contribution in [3.63, 3.8) is 0 Å². The number of rotatable bonds is 37. The number of hydrogen-bond donors (Lipinski definition) is 0. The van der Waals surface area contributed by atoms with Crippen LogP contribution in [0.4, 0.5) is 0 Å². The molecule has 0 amide bonds. The van der Waals surface area contributed by atoms with Crippen molar-refractivity contribution < 1.29 is 98.1 Å². The quantitative estimate of drug-likeness (QED) is 0.00466. The minimum Gasteiger partial charge on any atom is -0.497 e. The summed E-state index contributed by atoms with van der Waals surface area (Å²) in [5.74, 6) is -2.66. The van der Waals surface area contributed by atoms with Crippen LogP contribution in [0.15, 0.2) is 126 Å². The van der Waals surface area contributed by atoms with E-state index in [1.165, 1.54) is 28.4 Å². The van der Waals surface area contributed by atoms with Gasteiger partial charge >= 0.3 is 23.9 Å². The Morgan fingerprint density at radius 2 is 0.990 bits per heavy atom. The van der Waals surface area contributed by atoms with Gasteiger partial charge < -0.3 is 66.3 Å². The van der Waals surface area contributed by atoms with Gasteiger partial charge in [-0.25, -0.2) is 19.2 Å². The molecule has 0 radical (unpaired) electrons. The Bertz CT molecular complexity index is 3590. The highest BCUT2D eigenvalue weighted by atomic mass is 32.2. The molecule has 2 aliphatic heterocycles. The van der Waals surface area contributed by atoms with Crippen molar-refractivity contribution in [2.45, 2.75) is 179 Å². The van der Waals surface area contributed by atoms with Gasteiger partial charge in [-0.3, -0.25) is 4.18 Å². The van der Waals surface area contributed by atoms with E-state index in [1.807, 2.05) is 24.3 Å². The summed E-state index contributed by atoms with van der Waals surface area (Å²) in [5.41, 5.74) is 11.0. The molecule has 0 aliphatic carbocycles. The van der Waals surface area contributed by atoms with Gasteiger partial charge in [-0.2, -0.15) is 8.42 Å². The standard InChI is InChI=1S/C37H52O12SSi.C36H49N3O9Si/c1-26(49-50(6,40)41)15-13-19-30(46-35(38)27-16-11-10-12-17-27)34-31(47-37(2,3)48-34)20-14-18-28-23-29(43-5)24-32(45-25-42-4)33(28)36(39)44-21-22-51(7,8)9;1-25(38-39-37)14-12-18-29(46-34(40)26-15-10-9-11-16-26)33-30(47-36(2,3)48-33)19-13-17-27-22-28(43-5)23-31(45-24-42-4)32(27)35(41)44-20-21-49(6,7)8/h10-14,16-19,23-24,26,30-31,34H,15,20-22,25H2,1-9H3;9-13,15-18,22-23,25,29-30,33H,14,19-21,24H2,1-8H3/b18-14+,19-13-;17-13+,18-12-/t26?,30?,31-,34?;25-,29?,30-,33?/m00/s1. The van der Waals surface area contributed by atoms with E-state index < -0.39 is 104 Å². The Kier molecular flexibility index (Phi) is 32.8. The third-order valence-electron chi connectivity index (χ3n) is 15.0. The van der Waals surface area contributed by atoms with Crippen LogP contribution in [0.2, 0.25) is 51.4 Å². The van der Waals surface area contributed by atoms with Gasteiger partial charge in [0.25, 0.3) is 10.1 Å². The minimum atomic E-state index is -3.65. The van der Waals surface area contributed by atoms with E-state index in [9.17, 15) is 27.6 Å². The molecule has 548 valence electrons. The Morgan fingerprint density at radius 1 is 0.590 bits per heavy atom. The van der Waals surface area contributed by atoms with Crippen molar-refractivity contribution in [3.8, 4) is 23.0 Å². The molecule has 0 bridgehead atoms. The number of carbonyl (C=O) groups is 4. The lowest BCUT2D eigenvalue weighted by molar-refractivity contribution is -0.153. The molecule has 2 heterocycles. The molecule has 2 saturated heterocycles. The van der Waals surface area contributed by atoms with Gasteiger partial charge in [0.15, 0.2) is 25.2 Å². The van der Waals surface area contributed by atoms with Gasteiger partial charge in [0.1, 0.15) is 58.5 Å². The maximum atomic E-state index is 13.5. The van der Waals surface area contributed by atoms with Crippen LogP contribution in [-0.4, -0.2) is 170 Å². The van der Waals surface area contributed by atoms with Crippen molar-refractivity contribution in [3.05, 3.63) is 165 Å². The molecule has 8 atom stereocenters. The molecule has 2 aliphatic rings. The van der Waals surface area contributed by atoms with Crippen molar-refractivity contribution >= 4 is 62.3 Å². The van der Waals surface area contributed by atoms with Crippen molar-refractivity contribution in [2.75, 3.05) is 61.5 Å². The molecule has 100 heavy (non-hydrogen) atoms. The van der Waals surface area contributed by atoms with Crippen molar-refractivity contribution in [1.29, 1.82) is 0 Å². The van der Waals surface area contributed by atoms with Crippen LogP contribution in [0.25, 0.3) is 22.6 Å². The van der Waals surface area contributed by atoms with E-state index in [0.29, 0.717) is 59.6 Å². The monoisotopic (exact) mass is 1440 g/mol. The largest absolute Gasteiger partial charge is 0.497 e. The topological polar surface area (TPSA) is 290 Å². The summed E-state index contributed by atoms with van der Waals surface area (Å²) in [6.07, 6.45) is 11.5. The van der Waals surface area contributed by atoms with Crippen LogP contribution in [0.5, 0.6) is 23.0 Å². The first-order valence-electron chi connectivity index (χ1n) is 33.0. The van der Waals surface area contributed by atoms with Crippen molar-refractivity contribution in [1.82, 2.24) is 0 Å². The fourth-order valence-corrected chi connectivity index (χ4v) is 12.3. The number of ether oxygens (including phenoxy) is 14. The molecule has 4 aromatic rings. The first kappa shape index (κ1) is 83.0. The summed E-state index contributed by atoms with van der Waals surface area (Å²) in [5, 5.41) is 3.72. The molecular formula is C73H101N3O21SSi2. The smallest absolute Gasteiger partial charge is 0.342 e. The zero-order valence-corrected chi connectivity index (χ0v) is 63.5. The van der Waals surface area contributed by atoms with Gasteiger partial charge in [-0.1, -0.05) is 124 Å². The molecule has 5 unspecified atom stereocenters. The minimum absolute atomic E-state index is 0.0756. The van der Waals surface area contributed by atoms with Crippen LogP contribution < -0.4 is 18.9 Å². The zero-order chi connectivity index (χ0) is 73.8. The lowest BCUT2D eigenvalue weighted by Crippen LogP contribution is -2.37. The van der Waals surface area contributed by atoms with Gasteiger partial charge in [0.05, 0.1) is 63.1 Å². The third kappa shape index (κ3) is 28.8. The van der Waals surface area contributed by atoms with E-state index >= 15 is 0 Å². The number of azide groups is 1. The van der Waals surface area contributed by atoms with E-state index in [1.54, 1.807) is 151 Å². The predicted octanol–water partition coefficient (Wildman–Crippen LogP) is 14.6. The highest BCUT2D eigenvalue weighted by Crippen LogP contribution is 2.38. The van der Waals surface area contributed by atoms with E-state index in [-0.39, 0.29) is 55.3 Å². The Hall–Kier alpha value is -7.67. The van der Waals surface area contributed by atoms with Gasteiger partial charge in [0, 0.05) is 53.5 Å². The lowest BCUT2D eigenvalue weighted by Gasteiger charge is -2.24. The fraction of sp³-hybridized carbons (Fsp3) is 0.507. The van der Waals surface area contributed by atoms with Gasteiger partial charge in [0.2, 0.25) is 0 Å². The molecule has 4 aromatic carbocycles. The lowest BCUT2D eigenvalue weighted by atomic mass is 10.0. The van der Waals surface area contributed by atoms with Crippen LogP contribution in [0.1, 0.15) is 120 Å². The van der Waals surface area contributed by atoms with E-state index in [0.717, 1.165) is 18.3 Å². The summed E-state index contributed by atoms with van der Waals surface area (Å²) in [6.45, 7) is 24.2. The number of methoxy groups -OCH3 is 4. The number of esters is 4. The Morgan fingerprint density at radius 3 is 1.35 bits per heavy atom. The van der Waals surface area contributed by atoms with E-state index in [4.69, 9.17) is 76.0 Å². The second-order valence-corrected chi connectivity index (χ2v) is 40.0. The summed E-state index contributed by atoms with van der Waals surface area (Å²) in [7, 11) is -0.530. The van der Waals surface area contributed by atoms with Crippen LogP contribution in [-0.2, 0) is 61.7 Å². The highest BCUT2D eigenvalue weighted by Gasteiger charge is 2.47. The summed E-state index contributed by atoms with van der Waals surface area (Å²) < 4.78 is 110. The Labute approximate surface area is 591 Å². The highest BCUT2D eigenvalue weighted by molar-refractivity contribution is 7.86. The normalized spacial score (nSPS) is 18.7. The summed E-state index contributed by atoms with van der Waals surface area (Å²) in [4.78, 5) is 56.2. The first-order valence-corrected chi connectivity index (χ1v) is 42.2. The maximum Gasteiger partial charge on any atom is 0.342 e. The van der Waals surface area contributed by atoms with Gasteiger partial charge in [-0.05, 0) is 138 Å². The Balaban J connectivity index is 0.000000361. The number of benzene rings is 4. The number of hydrogen-bond acceptors (Lipinski definition) is 22. The predicted molar refractivity (Wildman–Crippen MR) is 386 cm³/mol. The molecule has 27 heteroatoms. The van der Waals surface area contributed by atoms with Crippen LogP contribution in [0, 0.1) is 0 Å². The molecular weight excluding hydrogens is 1340 g/mol. The summed E-state index contributed by atoms with van der Waals surface area (Å²) in [6, 6.07) is 25.3. The SMILES string of the molecule is COCOc1cc(OC)cc(/C=C/C[C@@H]2OC(C)(C)OC2C(/C=C\CC(C)OS(C)(=O)=O)OC(=O)c2ccccc2)c1C(=O)OCC[Si](C)(C)C.COCOc1cc(OC)cc(/C=C/C[C@@H]2OC(C)(C)OC2C(/C=C\C[C@H](C)N=[N+]=[N-])OC(=O)c2ccccc2)c1C(=O)OCC[Si](C)(C)C. The number of nitrogens with zero attached hydrogens (tertiary/aromatic N) is 3. The zero-order valence-electron chi connectivity index (χ0n) is 60.7. The van der Waals surface area contributed by atoms with E-state index in [2.05, 4.69) is 49.3 Å². The molecule has 24 nitrogen and oxygen atoms in total. The fourth-order valence-electron chi connectivity index (χ4n) is 10.2. The average molecular weight is 1440 g/mol. The molecule has 6 rings (SSSR count). The average Bonchev–Trinajstić information content (AvgIpc) is 1.20. The maximum absolute atomic E-state index is 13.5.